The molecular weight excluding hydrogens is 334 g/mol. The van der Waals surface area contributed by atoms with Crippen molar-refractivity contribution in [2.24, 2.45) is 0 Å². The van der Waals surface area contributed by atoms with Crippen LogP contribution in [0.1, 0.15) is 6.92 Å². The SMILES string of the molecule is CCS(=O)(=O)N1CCN(C(=O)Cn2ncc(N(C)C)cc2=O)CC1. The van der Waals surface area contributed by atoms with Crippen molar-refractivity contribution in [2.75, 3.05) is 50.9 Å². The first kappa shape index (κ1) is 18.4. The third-order valence-corrected chi connectivity index (χ3v) is 5.89. The Morgan fingerprint density at radius 2 is 1.88 bits per heavy atom. The van der Waals surface area contributed by atoms with Crippen LogP contribution in [0.4, 0.5) is 5.69 Å². The molecule has 0 saturated carbocycles. The molecule has 0 spiro atoms. The Labute approximate surface area is 141 Å². The molecule has 0 radical (unpaired) electrons. The molecule has 10 heteroatoms. The van der Waals surface area contributed by atoms with Gasteiger partial charge in [0.05, 0.1) is 17.6 Å². The van der Waals surface area contributed by atoms with Crippen LogP contribution in [0.3, 0.4) is 0 Å². The minimum absolute atomic E-state index is 0.0541. The van der Waals surface area contributed by atoms with Gasteiger partial charge >= 0.3 is 0 Å². The zero-order chi connectivity index (χ0) is 17.9. The van der Waals surface area contributed by atoms with Gasteiger partial charge in [-0.1, -0.05) is 0 Å². The molecule has 1 aliphatic rings. The van der Waals surface area contributed by atoms with E-state index in [1.54, 1.807) is 30.8 Å². The summed E-state index contributed by atoms with van der Waals surface area (Å²) in [5, 5.41) is 4.01. The molecule has 1 amide bonds. The number of nitrogens with zero attached hydrogens (tertiary/aromatic N) is 5. The molecule has 2 rings (SSSR count). The molecule has 9 nitrogen and oxygen atoms in total. The number of anilines is 1. The van der Waals surface area contributed by atoms with Gasteiger partial charge in [0, 0.05) is 46.3 Å². The summed E-state index contributed by atoms with van der Waals surface area (Å²) in [6.45, 7) is 2.66. The van der Waals surface area contributed by atoms with Gasteiger partial charge in [0.2, 0.25) is 15.9 Å². The molecule has 1 fully saturated rings. The topological polar surface area (TPSA) is 95.8 Å². The van der Waals surface area contributed by atoms with Gasteiger partial charge in [0.1, 0.15) is 6.54 Å². The lowest BCUT2D eigenvalue weighted by molar-refractivity contribution is -0.133. The van der Waals surface area contributed by atoms with E-state index in [0.717, 1.165) is 4.68 Å². The Morgan fingerprint density at radius 1 is 1.25 bits per heavy atom. The van der Waals surface area contributed by atoms with E-state index >= 15 is 0 Å². The molecule has 0 aliphatic carbocycles. The van der Waals surface area contributed by atoms with Crippen LogP contribution < -0.4 is 10.5 Å². The van der Waals surface area contributed by atoms with Crippen molar-refractivity contribution >= 4 is 21.6 Å². The minimum atomic E-state index is -3.23. The number of aromatic nitrogens is 2. The van der Waals surface area contributed by atoms with Gasteiger partial charge in [-0.05, 0) is 6.92 Å². The van der Waals surface area contributed by atoms with E-state index in [0.29, 0.717) is 18.8 Å². The van der Waals surface area contributed by atoms with Crippen LogP contribution in [-0.2, 0) is 21.4 Å². The number of piperazine rings is 1. The van der Waals surface area contributed by atoms with Crippen LogP contribution in [0, 0.1) is 0 Å². The van der Waals surface area contributed by atoms with Gasteiger partial charge in [-0.25, -0.2) is 13.1 Å². The molecule has 0 bridgehead atoms. The lowest BCUT2D eigenvalue weighted by Gasteiger charge is -2.33. The Morgan fingerprint density at radius 3 is 2.38 bits per heavy atom. The second-order valence-electron chi connectivity index (χ2n) is 5.78. The Balaban J connectivity index is 1.98. The van der Waals surface area contributed by atoms with Gasteiger partial charge in [-0.2, -0.15) is 9.40 Å². The molecule has 134 valence electrons. The number of rotatable bonds is 5. The van der Waals surface area contributed by atoms with E-state index in [-0.39, 0.29) is 36.9 Å². The fourth-order valence-corrected chi connectivity index (χ4v) is 3.50. The number of carbonyl (C=O) groups is 1. The van der Waals surface area contributed by atoms with Gasteiger partial charge < -0.3 is 9.80 Å². The molecule has 0 aromatic carbocycles. The maximum Gasteiger partial charge on any atom is 0.269 e. The van der Waals surface area contributed by atoms with Crippen LogP contribution in [-0.4, -0.2) is 79.3 Å². The fraction of sp³-hybridized carbons (Fsp3) is 0.643. The first-order valence-corrected chi connectivity index (χ1v) is 9.35. The maximum atomic E-state index is 12.3. The van der Waals surface area contributed by atoms with Crippen molar-refractivity contribution in [2.45, 2.75) is 13.5 Å². The lowest BCUT2D eigenvalue weighted by Crippen LogP contribution is -2.52. The average Bonchev–Trinajstić information content (AvgIpc) is 2.56. The summed E-state index contributed by atoms with van der Waals surface area (Å²) >= 11 is 0. The molecule has 2 heterocycles. The largest absolute Gasteiger partial charge is 0.376 e. The van der Waals surface area contributed by atoms with Crippen LogP contribution in [0.2, 0.25) is 0 Å². The molecule has 0 atom stereocenters. The van der Waals surface area contributed by atoms with E-state index in [2.05, 4.69) is 5.10 Å². The first-order valence-electron chi connectivity index (χ1n) is 7.74. The second kappa shape index (κ2) is 7.31. The van der Waals surface area contributed by atoms with Crippen molar-refractivity contribution in [3.63, 3.8) is 0 Å². The highest BCUT2D eigenvalue weighted by molar-refractivity contribution is 7.89. The van der Waals surface area contributed by atoms with Gasteiger partial charge in [0.25, 0.3) is 5.56 Å². The highest BCUT2D eigenvalue weighted by atomic mass is 32.2. The third-order valence-electron chi connectivity index (χ3n) is 4.01. The minimum Gasteiger partial charge on any atom is -0.376 e. The summed E-state index contributed by atoms with van der Waals surface area (Å²) in [6.07, 6.45) is 1.53. The molecule has 1 aromatic heterocycles. The lowest BCUT2D eigenvalue weighted by atomic mass is 10.3. The highest BCUT2D eigenvalue weighted by Gasteiger charge is 2.27. The molecule has 1 saturated heterocycles. The van der Waals surface area contributed by atoms with Gasteiger partial charge in [0.15, 0.2) is 0 Å². The van der Waals surface area contributed by atoms with Crippen LogP contribution in [0.25, 0.3) is 0 Å². The molecular formula is C14H23N5O4S. The summed E-state index contributed by atoms with van der Waals surface area (Å²) in [7, 11) is 0.377. The number of hydrogen-bond donors (Lipinski definition) is 0. The van der Waals surface area contributed by atoms with E-state index in [4.69, 9.17) is 0 Å². The highest BCUT2D eigenvalue weighted by Crippen LogP contribution is 2.09. The van der Waals surface area contributed by atoms with Crippen molar-refractivity contribution < 1.29 is 13.2 Å². The normalized spacial score (nSPS) is 16.2. The van der Waals surface area contributed by atoms with E-state index < -0.39 is 10.0 Å². The number of amides is 1. The maximum absolute atomic E-state index is 12.3. The quantitative estimate of drug-likeness (QED) is 0.657. The van der Waals surface area contributed by atoms with Crippen molar-refractivity contribution in [3.05, 3.63) is 22.6 Å². The van der Waals surface area contributed by atoms with Crippen molar-refractivity contribution in [1.29, 1.82) is 0 Å². The number of carbonyl (C=O) groups excluding carboxylic acids is 1. The number of sulfonamides is 1. The second-order valence-corrected chi connectivity index (χ2v) is 8.04. The standard InChI is InChI=1S/C14H23N5O4S/c1-4-24(22,23)18-7-5-17(6-8-18)14(21)11-19-13(20)9-12(10-15-19)16(2)3/h9-10H,4-8,11H2,1-3H3. The summed E-state index contributed by atoms with van der Waals surface area (Å²) in [5.41, 5.74) is 0.323. The molecule has 1 aliphatic heterocycles. The van der Waals surface area contributed by atoms with E-state index in [1.807, 2.05) is 0 Å². The van der Waals surface area contributed by atoms with Gasteiger partial charge in [-0.3, -0.25) is 9.59 Å². The summed E-state index contributed by atoms with van der Waals surface area (Å²) in [5.74, 6) is -0.186. The van der Waals surface area contributed by atoms with Crippen molar-refractivity contribution in [1.82, 2.24) is 19.0 Å². The van der Waals surface area contributed by atoms with Crippen molar-refractivity contribution in [3.8, 4) is 0 Å². The van der Waals surface area contributed by atoms with E-state index in [9.17, 15) is 18.0 Å². The zero-order valence-electron chi connectivity index (χ0n) is 14.2. The monoisotopic (exact) mass is 357 g/mol. The Bertz CT molecular complexity index is 751. The smallest absolute Gasteiger partial charge is 0.269 e. The Kier molecular flexibility index (Phi) is 5.60. The van der Waals surface area contributed by atoms with Crippen LogP contribution in [0.5, 0.6) is 0 Å². The fourth-order valence-electron chi connectivity index (χ4n) is 2.41. The summed E-state index contributed by atoms with van der Waals surface area (Å²) < 4.78 is 26.1. The number of hydrogen-bond acceptors (Lipinski definition) is 6. The van der Waals surface area contributed by atoms with Gasteiger partial charge in [-0.15, -0.1) is 0 Å². The molecule has 24 heavy (non-hydrogen) atoms. The summed E-state index contributed by atoms with van der Waals surface area (Å²) in [4.78, 5) is 27.6. The molecule has 0 N–H and O–H groups in total. The first-order chi connectivity index (χ1) is 11.2. The summed E-state index contributed by atoms with van der Waals surface area (Å²) in [6, 6.07) is 1.42. The predicted octanol–water partition coefficient (Wildman–Crippen LogP) is -1.20. The molecule has 1 aromatic rings. The third kappa shape index (κ3) is 4.12. The Hall–Kier alpha value is -1.94. The predicted molar refractivity (Wildman–Crippen MR) is 90.4 cm³/mol. The van der Waals surface area contributed by atoms with Crippen LogP contribution >= 0.6 is 0 Å². The molecule has 0 unspecified atom stereocenters. The van der Waals surface area contributed by atoms with Crippen LogP contribution in [0.15, 0.2) is 17.1 Å². The average molecular weight is 357 g/mol. The van der Waals surface area contributed by atoms with E-state index in [1.165, 1.54) is 16.6 Å². The zero-order valence-corrected chi connectivity index (χ0v) is 15.0.